The maximum Gasteiger partial charge on any atom is 0.173 e. The summed E-state index contributed by atoms with van der Waals surface area (Å²) >= 11 is 0. The molecule has 0 bridgehead atoms. The minimum atomic E-state index is 0.267. The van der Waals surface area contributed by atoms with Gasteiger partial charge in [-0.25, -0.2) is 0 Å². The molecule has 32 heavy (non-hydrogen) atoms. The first-order valence-electron chi connectivity index (χ1n) is 12.1. The molecular formula is C27H34N2O3. The van der Waals surface area contributed by atoms with Crippen molar-refractivity contribution in [3.8, 4) is 5.75 Å². The third-order valence-electron chi connectivity index (χ3n) is 7.42. The van der Waals surface area contributed by atoms with Gasteiger partial charge in [0, 0.05) is 24.1 Å². The Hall–Kier alpha value is -2.37. The number of hydrogen-bond acceptors (Lipinski definition) is 5. The van der Waals surface area contributed by atoms with Gasteiger partial charge in [-0.05, 0) is 87.6 Å². The zero-order valence-corrected chi connectivity index (χ0v) is 19.0. The first-order chi connectivity index (χ1) is 15.7. The summed E-state index contributed by atoms with van der Waals surface area (Å²) in [6.07, 6.45) is 5.72. The molecule has 0 spiro atoms. The van der Waals surface area contributed by atoms with Crippen LogP contribution in [-0.4, -0.2) is 41.5 Å². The summed E-state index contributed by atoms with van der Waals surface area (Å²) < 4.78 is 11.7. The Balaban J connectivity index is 1.13. The molecule has 2 aliphatic rings. The number of fused-ring (bicyclic) bond motifs is 1. The van der Waals surface area contributed by atoms with Crippen LogP contribution in [0.15, 0.2) is 47.0 Å². The van der Waals surface area contributed by atoms with Crippen LogP contribution in [0.25, 0.3) is 11.0 Å². The molecule has 2 heterocycles. The van der Waals surface area contributed by atoms with Crippen molar-refractivity contribution in [1.82, 2.24) is 10.1 Å². The molecule has 170 valence electrons. The van der Waals surface area contributed by atoms with Gasteiger partial charge in [0.05, 0.1) is 12.3 Å². The van der Waals surface area contributed by atoms with E-state index >= 15 is 0 Å². The molecule has 1 saturated carbocycles. The SMILES string of the molecule is Cc1c(OCC2CC2CO)ccc2c(CCC3CCN(Cc4ccccc4)CC3)noc12. The van der Waals surface area contributed by atoms with Crippen LogP contribution in [0.4, 0.5) is 0 Å². The van der Waals surface area contributed by atoms with E-state index in [-0.39, 0.29) is 6.61 Å². The molecule has 1 aromatic heterocycles. The Morgan fingerprint density at radius 2 is 1.91 bits per heavy atom. The molecule has 5 rings (SSSR count). The molecule has 2 unspecified atom stereocenters. The molecule has 0 radical (unpaired) electrons. The van der Waals surface area contributed by atoms with E-state index in [9.17, 15) is 5.11 Å². The van der Waals surface area contributed by atoms with Gasteiger partial charge in [-0.1, -0.05) is 35.5 Å². The normalized spacial score (nSPS) is 21.8. The van der Waals surface area contributed by atoms with Crippen molar-refractivity contribution >= 4 is 11.0 Å². The molecule has 1 saturated heterocycles. The van der Waals surface area contributed by atoms with Gasteiger partial charge in [0.1, 0.15) is 5.75 Å². The van der Waals surface area contributed by atoms with E-state index in [1.165, 1.54) is 37.9 Å². The van der Waals surface area contributed by atoms with Crippen LogP contribution < -0.4 is 4.74 Å². The molecular weight excluding hydrogens is 400 g/mol. The number of aromatic nitrogens is 1. The molecule has 1 aliphatic heterocycles. The van der Waals surface area contributed by atoms with Crippen LogP contribution in [0.3, 0.4) is 0 Å². The fourth-order valence-corrected chi connectivity index (χ4v) is 5.06. The van der Waals surface area contributed by atoms with Gasteiger partial charge in [0.15, 0.2) is 5.58 Å². The van der Waals surface area contributed by atoms with Crippen molar-refractivity contribution in [1.29, 1.82) is 0 Å². The largest absolute Gasteiger partial charge is 0.493 e. The Bertz CT molecular complexity index is 1020. The number of hydrogen-bond donors (Lipinski definition) is 1. The number of likely N-dealkylation sites (tertiary alicyclic amines) is 1. The summed E-state index contributed by atoms with van der Waals surface area (Å²) in [7, 11) is 0. The lowest BCUT2D eigenvalue weighted by molar-refractivity contribution is 0.172. The maximum atomic E-state index is 9.21. The van der Waals surface area contributed by atoms with Crippen LogP contribution >= 0.6 is 0 Å². The number of aliphatic hydroxyl groups excluding tert-OH is 1. The topological polar surface area (TPSA) is 58.7 Å². The van der Waals surface area contributed by atoms with Crippen molar-refractivity contribution in [2.24, 2.45) is 17.8 Å². The number of rotatable bonds is 9. The van der Waals surface area contributed by atoms with Crippen LogP contribution in [0.5, 0.6) is 5.75 Å². The lowest BCUT2D eigenvalue weighted by atomic mass is 9.91. The van der Waals surface area contributed by atoms with Gasteiger partial charge < -0.3 is 14.4 Å². The molecule has 2 aromatic carbocycles. The molecule has 1 aliphatic carbocycles. The van der Waals surface area contributed by atoms with Crippen molar-refractivity contribution < 1.29 is 14.4 Å². The molecule has 2 atom stereocenters. The van der Waals surface area contributed by atoms with Gasteiger partial charge >= 0.3 is 0 Å². The number of benzene rings is 2. The van der Waals surface area contributed by atoms with E-state index in [0.29, 0.717) is 18.4 Å². The van der Waals surface area contributed by atoms with Gasteiger partial charge in [-0.2, -0.15) is 0 Å². The highest BCUT2D eigenvalue weighted by atomic mass is 16.5. The fourth-order valence-electron chi connectivity index (χ4n) is 5.06. The third-order valence-corrected chi connectivity index (χ3v) is 7.42. The van der Waals surface area contributed by atoms with Crippen LogP contribution in [-0.2, 0) is 13.0 Å². The van der Waals surface area contributed by atoms with E-state index in [1.54, 1.807) is 0 Å². The van der Waals surface area contributed by atoms with E-state index in [1.807, 2.05) is 6.92 Å². The lowest BCUT2D eigenvalue weighted by Crippen LogP contribution is -2.33. The number of nitrogens with zero attached hydrogens (tertiary/aromatic N) is 2. The Labute approximate surface area is 190 Å². The standard InChI is InChI=1S/C27H34N2O3/c1-19-26(31-18-23-15-22(23)17-30)10-8-24-25(28-32-27(19)24)9-7-20-11-13-29(14-12-20)16-21-5-3-2-4-6-21/h2-6,8,10,20,22-23,30H,7,9,11-18H2,1H3. The maximum absolute atomic E-state index is 9.21. The molecule has 2 fully saturated rings. The first-order valence-corrected chi connectivity index (χ1v) is 12.1. The van der Waals surface area contributed by atoms with Crippen molar-refractivity contribution in [3.05, 3.63) is 59.3 Å². The highest BCUT2D eigenvalue weighted by molar-refractivity contribution is 5.84. The molecule has 5 heteroatoms. The summed E-state index contributed by atoms with van der Waals surface area (Å²) in [5, 5.41) is 14.7. The summed E-state index contributed by atoms with van der Waals surface area (Å²) in [5.41, 5.74) is 4.36. The predicted molar refractivity (Wildman–Crippen MR) is 126 cm³/mol. The zero-order valence-electron chi connectivity index (χ0n) is 19.0. The highest BCUT2D eigenvalue weighted by Crippen LogP contribution is 2.39. The number of piperidine rings is 1. The van der Waals surface area contributed by atoms with E-state index < -0.39 is 0 Å². The molecule has 3 aromatic rings. The van der Waals surface area contributed by atoms with Crippen LogP contribution in [0.1, 0.15) is 42.5 Å². The lowest BCUT2D eigenvalue weighted by Gasteiger charge is -2.31. The Morgan fingerprint density at radius 1 is 1.09 bits per heavy atom. The number of aliphatic hydroxyl groups is 1. The van der Waals surface area contributed by atoms with Crippen molar-refractivity contribution in [3.63, 3.8) is 0 Å². The molecule has 1 N–H and O–H groups in total. The second-order valence-electron chi connectivity index (χ2n) is 9.69. The van der Waals surface area contributed by atoms with E-state index in [2.05, 4.69) is 52.5 Å². The smallest absolute Gasteiger partial charge is 0.173 e. The van der Waals surface area contributed by atoms with Crippen molar-refractivity contribution in [2.75, 3.05) is 26.3 Å². The van der Waals surface area contributed by atoms with E-state index in [4.69, 9.17) is 9.26 Å². The van der Waals surface area contributed by atoms with Crippen molar-refractivity contribution in [2.45, 2.75) is 45.6 Å². The van der Waals surface area contributed by atoms with Gasteiger partial charge in [0.25, 0.3) is 0 Å². The minimum absolute atomic E-state index is 0.267. The zero-order chi connectivity index (χ0) is 21.9. The average Bonchev–Trinajstić information content (AvgIpc) is 3.47. The third kappa shape index (κ3) is 4.84. The molecule has 0 amide bonds. The highest BCUT2D eigenvalue weighted by Gasteiger charge is 2.37. The number of aryl methyl sites for hydroxylation is 2. The Kier molecular flexibility index (Phi) is 6.47. The monoisotopic (exact) mass is 434 g/mol. The first kappa shape index (κ1) is 21.5. The van der Waals surface area contributed by atoms with Gasteiger partial charge in [-0.15, -0.1) is 0 Å². The van der Waals surface area contributed by atoms with Crippen LogP contribution in [0.2, 0.25) is 0 Å². The summed E-state index contributed by atoms with van der Waals surface area (Å²) in [4.78, 5) is 2.58. The van der Waals surface area contributed by atoms with E-state index in [0.717, 1.165) is 53.3 Å². The average molecular weight is 435 g/mol. The second kappa shape index (κ2) is 9.63. The second-order valence-corrected chi connectivity index (χ2v) is 9.69. The van der Waals surface area contributed by atoms with Gasteiger partial charge in [-0.3, -0.25) is 4.90 Å². The molecule has 5 nitrogen and oxygen atoms in total. The fraction of sp³-hybridized carbons (Fsp3) is 0.519. The minimum Gasteiger partial charge on any atom is -0.493 e. The van der Waals surface area contributed by atoms with Gasteiger partial charge in [0.2, 0.25) is 0 Å². The summed E-state index contributed by atoms with van der Waals surface area (Å²) in [6, 6.07) is 14.9. The predicted octanol–water partition coefficient (Wildman–Crippen LogP) is 4.99. The quantitative estimate of drug-likeness (QED) is 0.514. The Morgan fingerprint density at radius 3 is 2.66 bits per heavy atom. The summed E-state index contributed by atoms with van der Waals surface area (Å²) in [5.74, 6) is 2.53. The van der Waals surface area contributed by atoms with Crippen LogP contribution in [0, 0.1) is 24.7 Å². The number of ether oxygens (including phenoxy) is 1. The summed E-state index contributed by atoms with van der Waals surface area (Å²) in [6.45, 7) is 6.40.